The number of benzene rings is 1. The van der Waals surface area contributed by atoms with Gasteiger partial charge in [-0.05, 0) is 43.0 Å². The van der Waals surface area contributed by atoms with Crippen LogP contribution in [0.25, 0.3) is 0 Å². The summed E-state index contributed by atoms with van der Waals surface area (Å²) in [6.45, 7) is 2.50. The molecule has 1 aliphatic heterocycles. The SMILES string of the molecule is CS(=O)(=O)c1ccc(N2CCC(COc3ccncc3Cl)CC2)cc1. The van der Waals surface area contributed by atoms with E-state index in [0.717, 1.165) is 31.6 Å². The zero-order valence-corrected chi connectivity index (χ0v) is 15.6. The van der Waals surface area contributed by atoms with E-state index in [1.54, 1.807) is 30.6 Å². The van der Waals surface area contributed by atoms with E-state index in [9.17, 15) is 8.42 Å². The summed E-state index contributed by atoms with van der Waals surface area (Å²) in [5.41, 5.74) is 1.06. The van der Waals surface area contributed by atoms with Crippen LogP contribution in [0.15, 0.2) is 47.6 Å². The van der Waals surface area contributed by atoms with Gasteiger partial charge >= 0.3 is 0 Å². The number of rotatable bonds is 5. The van der Waals surface area contributed by atoms with Gasteiger partial charge in [0.1, 0.15) is 10.8 Å². The first-order chi connectivity index (χ1) is 11.9. The van der Waals surface area contributed by atoms with E-state index in [0.29, 0.717) is 28.2 Å². The van der Waals surface area contributed by atoms with Crippen LogP contribution in [-0.4, -0.2) is 39.4 Å². The summed E-state index contributed by atoms with van der Waals surface area (Å²) in [7, 11) is -3.15. The van der Waals surface area contributed by atoms with E-state index in [1.807, 2.05) is 12.1 Å². The molecule has 1 aliphatic rings. The topological polar surface area (TPSA) is 59.5 Å². The third-order valence-electron chi connectivity index (χ3n) is 4.45. The van der Waals surface area contributed by atoms with Gasteiger partial charge in [0.05, 0.1) is 11.5 Å². The molecule has 0 radical (unpaired) electrons. The standard InChI is InChI=1S/C18H21ClN2O3S/c1-25(22,23)16-4-2-15(3-5-16)21-10-7-14(8-11-21)13-24-18-6-9-20-12-17(18)19/h2-6,9,12,14H,7-8,10-11,13H2,1H3. The summed E-state index contributed by atoms with van der Waals surface area (Å²) < 4.78 is 28.9. The van der Waals surface area contributed by atoms with E-state index in [4.69, 9.17) is 16.3 Å². The fourth-order valence-electron chi connectivity index (χ4n) is 2.95. The van der Waals surface area contributed by atoms with Gasteiger partial charge in [0.15, 0.2) is 9.84 Å². The van der Waals surface area contributed by atoms with Crippen molar-refractivity contribution in [1.82, 2.24) is 4.98 Å². The average Bonchev–Trinajstić information content (AvgIpc) is 2.61. The molecule has 0 aliphatic carbocycles. The number of sulfone groups is 1. The van der Waals surface area contributed by atoms with E-state index in [-0.39, 0.29) is 0 Å². The monoisotopic (exact) mass is 380 g/mol. The van der Waals surface area contributed by atoms with Crippen LogP contribution in [0.2, 0.25) is 5.02 Å². The van der Waals surface area contributed by atoms with Crippen molar-refractivity contribution in [3.63, 3.8) is 0 Å². The third kappa shape index (κ3) is 4.64. The van der Waals surface area contributed by atoms with Crippen LogP contribution in [-0.2, 0) is 9.84 Å². The van der Waals surface area contributed by atoms with Crippen molar-refractivity contribution in [2.45, 2.75) is 17.7 Å². The van der Waals surface area contributed by atoms with Crippen LogP contribution in [0.4, 0.5) is 5.69 Å². The van der Waals surface area contributed by atoms with Crippen LogP contribution >= 0.6 is 11.6 Å². The van der Waals surface area contributed by atoms with Crippen LogP contribution in [0.5, 0.6) is 5.75 Å². The van der Waals surface area contributed by atoms with Crippen molar-refractivity contribution >= 4 is 27.1 Å². The second-order valence-corrected chi connectivity index (χ2v) is 8.74. The number of hydrogen-bond acceptors (Lipinski definition) is 5. The maximum absolute atomic E-state index is 11.5. The van der Waals surface area contributed by atoms with Crippen LogP contribution in [0, 0.1) is 5.92 Å². The number of aromatic nitrogens is 1. The second kappa shape index (κ2) is 7.62. The second-order valence-electron chi connectivity index (χ2n) is 6.31. The molecule has 1 aromatic carbocycles. The number of halogens is 1. The Morgan fingerprint density at radius 3 is 2.48 bits per heavy atom. The van der Waals surface area contributed by atoms with E-state index in [2.05, 4.69) is 9.88 Å². The minimum absolute atomic E-state index is 0.355. The van der Waals surface area contributed by atoms with Gasteiger partial charge in [0.2, 0.25) is 0 Å². The average molecular weight is 381 g/mol. The number of hydrogen-bond donors (Lipinski definition) is 0. The molecule has 7 heteroatoms. The summed E-state index contributed by atoms with van der Waals surface area (Å²) >= 11 is 6.05. The first kappa shape index (κ1) is 18.0. The van der Waals surface area contributed by atoms with Crippen molar-refractivity contribution in [3.8, 4) is 5.75 Å². The molecule has 0 atom stereocenters. The molecule has 1 saturated heterocycles. The molecule has 1 aromatic heterocycles. The Balaban J connectivity index is 1.52. The Labute approximate surface area is 153 Å². The first-order valence-corrected chi connectivity index (χ1v) is 10.5. The summed E-state index contributed by atoms with van der Waals surface area (Å²) in [5, 5.41) is 0.533. The molecular weight excluding hydrogens is 360 g/mol. The zero-order chi connectivity index (χ0) is 17.9. The lowest BCUT2D eigenvalue weighted by Gasteiger charge is -2.33. The Morgan fingerprint density at radius 1 is 1.20 bits per heavy atom. The van der Waals surface area contributed by atoms with Crippen molar-refractivity contribution in [1.29, 1.82) is 0 Å². The first-order valence-electron chi connectivity index (χ1n) is 8.21. The molecule has 0 saturated carbocycles. The predicted octanol–water partition coefficient (Wildman–Crippen LogP) is 3.43. The number of anilines is 1. The summed E-state index contributed by atoms with van der Waals surface area (Å²) in [6.07, 6.45) is 6.53. The smallest absolute Gasteiger partial charge is 0.175 e. The van der Waals surface area contributed by atoms with Gasteiger partial charge in [-0.3, -0.25) is 4.98 Å². The lowest BCUT2D eigenvalue weighted by Crippen LogP contribution is -2.35. The van der Waals surface area contributed by atoms with Crippen molar-refractivity contribution in [2.24, 2.45) is 5.92 Å². The Morgan fingerprint density at radius 2 is 1.88 bits per heavy atom. The highest BCUT2D eigenvalue weighted by Gasteiger charge is 2.20. The Hall–Kier alpha value is -1.79. The highest BCUT2D eigenvalue weighted by molar-refractivity contribution is 7.90. The maximum Gasteiger partial charge on any atom is 0.175 e. The molecule has 0 bridgehead atoms. The molecule has 25 heavy (non-hydrogen) atoms. The van der Waals surface area contributed by atoms with Crippen molar-refractivity contribution in [2.75, 3.05) is 30.9 Å². The minimum Gasteiger partial charge on any atom is -0.492 e. The van der Waals surface area contributed by atoms with Gasteiger partial charge in [0.25, 0.3) is 0 Å². The van der Waals surface area contributed by atoms with Gasteiger partial charge in [-0.15, -0.1) is 0 Å². The van der Waals surface area contributed by atoms with E-state index in [1.165, 1.54) is 6.26 Å². The molecule has 2 aromatic rings. The lowest BCUT2D eigenvalue weighted by atomic mass is 9.97. The van der Waals surface area contributed by atoms with Gasteiger partial charge in [-0.1, -0.05) is 11.6 Å². The molecule has 0 N–H and O–H groups in total. The fourth-order valence-corrected chi connectivity index (χ4v) is 3.75. The molecule has 0 amide bonds. The zero-order valence-electron chi connectivity index (χ0n) is 14.1. The molecule has 1 fully saturated rings. The number of pyridine rings is 1. The maximum atomic E-state index is 11.5. The highest BCUT2D eigenvalue weighted by atomic mass is 35.5. The third-order valence-corrected chi connectivity index (χ3v) is 5.87. The lowest BCUT2D eigenvalue weighted by molar-refractivity contribution is 0.223. The normalized spacial score (nSPS) is 16.0. The van der Waals surface area contributed by atoms with Gasteiger partial charge in [-0.2, -0.15) is 0 Å². The van der Waals surface area contributed by atoms with Crippen LogP contribution in [0.1, 0.15) is 12.8 Å². The van der Waals surface area contributed by atoms with E-state index < -0.39 is 9.84 Å². The fraction of sp³-hybridized carbons (Fsp3) is 0.389. The van der Waals surface area contributed by atoms with Gasteiger partial charge in [-0.25, -0.2) is 8.42 Å². The Kier molecular flexibility index (Phi) is 5.49. The van der Waals surface area contributed by atoms with Crippen molar-refractivity contribution < 1.29 is 13.2 Å². The minimum atomic E-state index is -3.15. The number of nitrogens with zero attached hydrogens (tertiary/aromatic N) is 2. The van der Waals surface area contributed by atoms with Crippen LogP contribution < -0.4 is 9.64 Å². The highest BCUT2D eigenvalue weighted by Crippen LogP contribution is 2.27. The summed E-state index contributed by atoms with van der Waals surface area (Å²) in [4.78, 5) is 6.58. The largest absolute Gasteiger partial charge is 0.492 e. The summed E-state index contributed by atoms with van der Waals surface area (Å²) in [6, 6.07) is 8.88. The molecule has 0 unspecified atom stereocenters. The predicted molar refractivity (Wildman–Crippen MR) is 99.2 cm³/mol. The molecule has 5 nitrogen and oxygen atoms in total. The molecule has 2 heterocycles. The molecule has 0 spiro atoms. The van der Waals surface area contributed by atoms with Gasteiger partial charge in [0, 0.05) is 43.5 Å². The van der Waals surface area contributed by atoms with Crippen molar-refractivity contribution in [3.05, 3.63) is 47.7 Å². The summed E-state index contributed by atoms with van der Waals surface area (Å²) in [5.74, 6) is 1.16. The molecule has 134 valence electrons. The Bertz CT molecular complexity index is 816. The number of ether oxygens (including phenoxy) is 1. The number of piperidine rings is 1. The quantitative estimate of drug-likeness (QED) is 0.795. The van der Waals surface area contributed by atoms with E-state index >= 15 is 0 Å². The molecule has 3 rings (SSSR count). The van der Waals surface area contributed by atoms with Gasteiger partial charge < -0.3 is 9.64 Å². The van der Waals surface area contributed by atoms with Crippen LogP contribution in [0.3, 0.4) is 0 Å². The molecular formula is C18H21ClN2O3S.